The number of aromatic nitrogens is 4. The number of H-pyrrole nitrogens is 2. The average Bonchev–Trinajstić information content (AvgIpc) is 4.14. The van der Waals surface area contributed by atoms with Gasteiger partial charge in [-0.3, -0.25) is 9.59 Å². The molecule has 8 atom stereocenters. The highest BCUT2D eigenvalue weighted by molar-refractivity contribution is 6.07. The number of carbonyl (C=O) groups is 4. The summed E-state index contributed by atoms with van der Waals surface area (Å²) < 4.78 is 27.4. The van der Waals surface area contributed by atoms with Gasteiger partial charge in [0.05, 0.1) is 60.9 Å². The van der Waals surface area contributed by atoms with E-state index in [0.29, 0.717) is 24.7 Å². The summed E-state index contributed by atoms with van der Waals surface area (Å²) in [6, 6.07) is 11.9. The molecule has 4 N–H and O–H groups in total. The Hall–Kier alpha value is -6.20. The quantitative estimate of drug-likeness (QED) is 0.0943. The van der Waals surface area contributed by atoms with Crippen molar-refractivity contribution in [2.75, 3.05) is 27.9 Å². The van der Waals surface area contributed by atoms with Crippen molar-refractivity contribution in [3.63, 3.8) is 0 Å². The fourth-order valence-corrected chi connectivity index (χ4v) is 9.63. The van der Waals surface area contributed by atoms with Crippen LogP contribution in [0, 0.1) is 0 Å². The topological polar surface area (TPSA) is 202 Å². The van der Waals surface area contributed by atoms with Gasteiger partial charge in [-0.2, -0.15) is 0 Å². The second kappa shape index (κ2) is 18.5. The molecular formula is C47H58N8O9. The van der Waals surface area contributed by atoms with Crippen molar-refractivity contribution in [1.29, 1.82) is 0 Å². The van der Waals surface area contributed by atoms with Crippen LogP contribution in [-0.4, -0.2) is 118 Å². The number of rotatable bonds is 13. The van der Waals surface area contributed by atoms with Gasteiger partial charge >= 0.3 is 12.2 Å². The largest absolute Gasteiger partial charge is 0.488 e. The summed E-state index contributed by atoms with van der Waals surface area (Å²) in [5.74, 6) is 1.61. The van der Waals surface area contributed by atoms with Crippen LogP contribution in [0.5, 0.6) is 5.75 Å². The van der Waals surface area contributed by atoms with Crippen LogP contribution in [0.15, 0.2) is 48.7 Å². The number of ether oxygens (including phenoxy) is 5. The summed E-state index contributed by atoms with van der Waals surface area (Å²) in [5.41, 5.74) is 6.44. The van der Waals surface area contributed by atoms with Crippen LogP contribution in [0.4, 0.5) is 9.59 Å². The van der Waals surface area contributed by atoms with Gasteiger partial charge in [-0.25, -0.2) is 19.6 Å². The minimum absolute atomic E-state index is 0.0245. The molecule has 0 spiro atoms. The highest BCUT2D eigenvalue weighted by Gasteiger charge is 2.44. The Morgan fingerprint density at radius 3 is 2.23 bits per heavy atom. The lowest BCUT2D eigenvalue weighted by Gasteiger charge is -2.34. The summed E-state index contributed by atoms with van der Waals surface area (Å²) in [6.45, 7) is 9.82. The van der Waals surface area contributed by atoms with Crippen LogP contribution >= 0.6 is 0 Å². The van der Waals surface area contributed by atoms with E-state index in [4.69, 9.17) is 33.7 Å². The molecule has 3 aromatic carbocycles. The number of hydrogen-bond donors (Lipinski definition) is 4. The van der Waals surface area contributed by atoms with Crippen molar-refractivity contribution in [3.05, 3.63) is 65.9 Å². The summed E-state index contributed by atoms with van der Waals surface area (Å²) in [4.78, 5) is 73.5. The highest BCUT2D eigenvalue weighted by atomic mass is 16.6. The Balaban J connectivity index is 1.04. The Kier molecular flexibility index (Phi) is 12.8. The van der Waals surface area contributed by atoms with Crippen LogP contribution in [0.25, 0.3) is 44.2 Å². The number of carbonyl (C=O) groups excluding carboxylic acids is 4. The molecule has 0 bridgehead atoms. The lowest BCUT2D eigenvalue weighted by Crippen LogP contribution is -2.55. The maximum absolute atomic E-state index is 14.2. The number of nitrogens with one attached hydrogen (secondary N) is 4. The van der Waals surface area contributed by atoms with Gasteiger partial charge in [0.25, 0.3) is 0 Å². The SMILES string of the molecule is CCOC(=O)N[C@H](C(=O)N1[C@@H](CC)CC[C@H]1c1ncc(-c2ccc3c(c2)COc2cc4c(ccc5[nH]c([C@@H]6CC[C@H](C)N6C(=O)[C@@H](NC(=O)OC)[C@@H](C)OC)nc54)cc2-3)[nH]1)[C@@H](C)OC. The molecule has 3 aliphatic rings. The van der Waals surface area contributed by atoms with Crippen molar-refractivity contribution < 1.29 is 42.9 Å². The second-order valence-electron chi connectivity index (χ2n) is 16.9. The van der Waals surface area contributed by atoms with Crippen molar-refractivity contribution in [3.8, 4) is 28.1 Å². The smallest absolute Gasteiger partial charge is 0.407 e. The van der Waals surface area contributed by atoms with E-state index in [1.54, 1.807) is 31.9 Å². The summed E-state index contributed by atoms with van der Waals surface area (Å²) >= 11 is 0. The number of nitrogens with zero attached hydrogens (tertiary/aromatic N) is 4. The average molecular weight is 879 g/mol. The number of hydrogen-bond acceptors (Lipinski definition) is 11. The molecule has 2 fully saturated rings. The molecule has 5 heterocycles. The number of benzene rings is 3. The van der Waals surface area contributed by atoms with Crippen molar-refractivity contribution in [2.45, 2.75) is 122 Å². The van der Waals surface area contributed by atoms with E-state index in [1.165, 1.54) is 21.3 Å². The Labute approximate surface area is 371 Å². The van der Waals surface area contributed by atoms with E-state index < -0.39 is 36.5 Å². The molecule has 0 saturated carbocycles. The molecule has 3 aliphatic heterocycles. The van der Waals surface area contributed by atoms with Gasteiger partial charge in [-0.05, 0) is 106 Å². The van der Waals surface area contributed by atoms with Gasteiger partial charge in [0.1, 0.15) is 36.1 Å². The highest BCUT2D eigenvalue weighted by Crippen LogP contribution is 2.44. The molecule has 0 radical (unpaired) electrons. The number of imidazole rings is 2. The summed E-state index contributed by atoms with van der Waals surface area (Å²) in [7, 11) is 4.28. The first-order valence-corrected chi connectivity index (χ1v) is 22.1. The number of fused-ring (bicyclic) bond motifs is 6. The van der Waals surface area contributed by atoms with Gasteiger partial charge < -0.3 is 54.1 Å². The standard InChI is InChI=1S/C47H58N8O9/c1-9-30-14-18-36(55(30)45(57)40(26(5)61-7)53-47(59)63-10-2)42-48-22-35(50-42)28-12-15-31-29(19-28)23-64-38-21-32-27(20-33(31)38)13-16-34-41(32)51-43(49-34)37-17-11-24(3)54(37)44(56)39(25(4)60-6)52-46(58)62-8/h12-13,15-16,19-22,24-26,30,36-37,39-40H,9-11,14,17-18,23H2,1-8H3,(H,48,50)(H,49,51)(H,52,58)(H,53,59)/t24-,25+,26+,30-,36-,37-,39-,40-/m0/s1. The van der Waals surface area contributed by atoms with Crippen LogP contribution in [0.2, 0.25) is 0 Å². The van der Waals surface area contributed by atoms with Crippen molar-refractivity contribution in [1.82, 2.24) is 40.4 Å². The molecule has 2 saturated heterocycles. The Bertz CT molecular complexity index is 2560. The van der Waals surface area contributed by atoms with Crippen LogP contribution in [0.3, 0.4) is 0 Å². The molecule has 5 aromatic rings. The molecule has 0 unspecified atom stereocenters. The van der Waals surface area contributed by atoms with Crippen molar-refractivity contribution >= 4 is 45.8 Å². The van der Waals surface area contributed by atoms with Crippen LogP contribution < -0.4 is 15.4 Å². The van der Waals surface area contributed by atoms with Gasteiger partial charge in [0, 0.05) is 37.3 Å². The van der Waals surface area contributed by atoms with E-state index in [2.05, 4.69) is 57.9 Å². The first-order chi connectivity index (χ1) is 30.9. The zero-order valence-electron chi connectivity index (χ0n) is 37.7. The number of amides is 4. The lowest BCUT2D eigenvalue weighted by molar-refractivity contribution is -0.140. The van der Waals surface area contributed by atoms with E-state index in [9.17, 15) is 19.2 Å². The molecule has 8 rings (SSSR count). The molecule has 340 valence electrons. The van der Waals surface area contributed by atoms with E-state index in [0.717, 1.165) is 81.2 Å². The number of alkyl carbamates (subject to hydrolysis) is 2. The number of aromatic amines is 2. The Morgan fingerprint density at radius 1 is 0.828 bits per heavy atom. The normalized spacial score (nSPS) is 21.1. The summed E-state index contributed by atoms with van der Waals surface area (Å²) in [5, 5.41) is 7.31. The zero-order chi connectivity index (χ0) is 45.4. The molecular weight excluding hydrogens is 821 g/mol. The van der Waals surface area contributed by atoms with E-state index in [1.807, 2.05) is 24.0 Å². The predicted octanol–water partition coefficient (Wildman–Crippen LogP) is 7.07. The van der Waals surface area contributed by atoms with E-state index >= 15 is 0 Å². The maximum atomic E-state index is 14.2. The van der Waals surface area contributed by atoms with Crippen LogP contribution in [-0.2, 0) is 35.1 Å². The minimum Gasteiger partial charge on any atom is -0.488 e. The Morgan fingerprint density at radius 2 is 1.53 bits per heavy atom. The molecule has 4 amide bonds. The second-order valence-corrected chi connectivity index (χ2v) is 16.9. The third-order valence-corrected chi connectivity index (χ3v) is 13.3. The fourth-order valence-electron chi connectivity index (χ4n) is 9.63. The predicted molar refractivity (Wildman–Crippen MR) is 238 cm³/mol. The molecule has 0 aliphatic carbocycles. The minimum atomic E-state index is -0.938. The van der Waals surface area contributed by atoms with Gasteiger partial charge in [-0.1, -0.05) is 25.1 Å². The lowest BCUT2D eigenvalue weighted by atomic mass is 9.92. The first kappa shape index (κ1) is 44.4. The van der Waals surface area contributed by atoms with E-state index in [-0.39, 0.29) is 42.6 Å². The summed E-state index contributed by atoms with van der Waals surface area (Å²) in [6.07, 6.45) is 3.03. The molecule has 2 aromatic heterocycles. The number of likely N-dealkylation sites (tertiary alicyclic amines) is 2. The number of methoxy groups -OCH3 is 3. The first-order valence-electron chi connectivity index (χ1n) is 22.1. The third kappa shape index (κ3) is 8.22. The molecule has 17 nitrogen and oxygen atoms in total. The van der Waals surface area contributed by atoms with Gasteiger partial charge in [-0.15, -0.1) is 0 Å². The van der Waals surface area contributed by atoms with Gasteiger partial charge in [0.2, 0.25) is 11.8 Å². The fraction of sp³-hybridized carbons (Fsp3) is 0.489. The monoisotopic (exact) mass is 878 g/mol. The zero-order valence-corrected chi connectivity index (χ0v) is 37.7. The van der Waals surface area contributed by atoms with Crippen molar-refractivity contribution in [2.24, 2.45) is 0 Å². The molecule has 64 heavy (non-hydrogen) atoms. The van der Waals surface area contributed by atoms with Gasteiger partial charge in [0.15, 0.2) is 0 Å². The maximum Gasteiger partial charge on any atom is 0.407 e. The third-order valence-electron chi connectivity index (χ3n) is 13.3. The molecule has 17 heteroatoms. The van der Waals surface area contributed by atoms with Crippen LogP contribution in [0.1, 0.15) is 96.0 Å².